The van der Waals surface area contributed by atoms with Gasteiger partial charge in [-0.2, -0.15) is 0 Å². The molecular formula is C13H19ClN2. The van der Waals surface area contributed by atoms with E-state index in [0.29, 0.717) is 6.04 Å². The third kappa shape index (κ3) is 2.12. The van der Waals surface area contributed by atoms with E-state index < -0.39 is 0 Å². The fourth-order valence-corrected chi connectivity index (χ4v) is 2.94. The number of halogens is 1. The fourth-order valence-electron chi connectivity index (χ4n) is 2.56. The lowest BCUT2D eigenvalue weighted by molar-refractivity contribution is 0.484. The molecule has 16 heavy (non-hydrogen) atoms. The molecule has 0 saturated carbocycles. The van der Waals surface area contributed by atoms with Crippen molar-refractivity contribution >= 4 is 23.0 Å². The summed E-state index contributed by atoms with van der Waals surface area (Å²) in [6, 6.07) is 4.43. The first-order valence-corrected chi connectivity index (χ1v) is 6.29. The Morgan fingerprint density at radius 3 is 2.75 bits per heavy atom. The van der Waals surface area contributed by atoms with E-state index in [-0.39, 0.29) is 0 Å². The van der Waals surface area contributed by atoms with E-state index in [2.05, 4.69) is 18.7 Å². The summed E-state index contributed by atoms with van der Waals surface area (Å²) in [5, 5.41) is 0.784. The zero-order valence-corrected chi connectivity index (χ0v) is 10.7. The van der Waals surface area contributed by atoms with E-state index in [1.165, 1.54) is 30.5 Å². The van der Waals surface area contributed by atoms with Crippen molar-refractivity contribution in [2.75, 3.05) is 17.2 Å². The van der Waals surface area contributed by atoms with Crippen LogP contribution in [0.3, 0.4) is 0 Å². The Balaban J connectivity index is 2.38. The molecule has 3 heteroatoms. The Kier molecular flexibility index (Phi) is 3.29. The van der Waals surface area contributed by atoms with Crippen molar-refractivity contribution < 1.29 is 0 Å². The highest BCUT2D eigenvalue weighted by Crippen LogP contribution is 2.35. The summed E-state index contributed by atoms with van der Waals surface area (Å²) < 4.78 is 0. The van der Waals surface area contributed by atoms with Crippen LogP contribution in [0.4, 0.5) is 11.4 Å². The minimum Gasteiger partial charge on any atom is -0.399 e. The summed E-state index contributed by atoms with van der Waals surface area (Å²) in [4.78, 5) is 2.42. The van der Waals surface area contributed by atoms with Crippen molar-refractivity contribution in [3.05, 3.63) is 22.7 Å². The number of piperidine rings is 1. The normalized spacial score (nSPS) is 21.2. The van der Waals surface area contributed by atoms with Gasteiger partial charge in [-0.25, -0.2) is 0 Å². The number of hydrogen-bond acceptors (Lipinski definition) is 2. The lowest BCUT2D eigenvalue weighted by Crippen LogP contribution is -2.38. The van der Waals surface area contributed by atoms with Crippen LogP contribution in [0.2, 0.25) is 5.02 Å². The van der Waals surface area contributed by atoms with Gasteiger partial charge in [-0.3, -0.25) is 0 Å². The molecule has 0 amide bonds. The average Bonchev–Trinajstić information content (AvgIpc) is 2.19. The predicted octanol–water partition coefficient (Wildman–Crippen LogP) is 3.61. The second-order valence-electron chi connectivity index (χ2n) is 4.71. The molecule has 1 heterocycles. The molecule has 1 aromatic carbocycles. The summed E-state index contributed by atoms with van der Waals surface area (Å²) >= 11 is 6.31. The first kappa shape index (κ1) is 11.6. The third-order valence-corrected chi connectivity index (χ3v) is 3.65. The molecule has 1 fully saturated rings. The molecular weight excluding hydrogens is 220 g/mol. The van der Waals surface area contributed by atoms with Gasteiger partial charge >= 0.3 is 0 Å². The average molecular weight is 239 g/mol. The van der Waals surface area contributed by atoms with E-state index >= 15 is 0 Å². The first-order chi connectivity index (χ1) is 7.59. The minimum absolute atomic E-state index is 0.577. The van der Waals surface area contributed by atoms with Crippen LogP contribution in [-0.2, 0) is 0 Å². The number of nitrogens with zero attached hydrogens (tertiary/aromatic N) is 1. The zero-order valence-electron chi connectivity index (χ0n) is 9.96. The lowest BCUT2D eigenvalue weighted by atomic mass is 10.0. The van der Waals surface area contributed by atoms with E-state index in [1.807, 2.05) is 12.1 Å². The second kappa shape index (κ2) is 4.54. The number of rotatable bonds is 1. The van der Waals surface area contributed by atoms with Gasteiger partial charge in [-0.15, -0.1) is 0 Å². The smallest absolute Gasteiger partial charge is 0.0662 e. The van der Waals surface area contributed by atoms with Gasteiger partial charge in [0.15, 0.2) is 0 Å². The first-order valence-electron chi connectivity index (χ1n) is 5.92. The zero-order chi connectivity index (χ0) is 11.7. The summed E-state index contributed by atoms with van der Waals surface area (Å²) in [7, 11) is 0. The predicted molar refractivity (Wildman–Crippen MR) is 71.3 cm³/mol. The molecule has 2 rings (SSSR count). The van der Waals surface area contributed by atoms with Crippen molar-refractivity contribution in [2.24, 2.45) is 0 Å². The lowest BCUT2D eigenvalue weighted by Gasteiger charge is -2.37. The maximum Gasteiger partial charge on any atom is 0.0662 e. The van der Waals surface area contributed by atoms with E-state index in [9.17, 15) is 0 Å². The SMILES string of the molecule is Cc1cc(N)cc(Cl)c1N1CCCC[C@H]1C. The van der Waals surface area contributed by atoms with Gasteiger partial charge in [0.05, 0.1) is 10.7 Å². The van der Waals surface area contributed by atoms with Crippen LogP contribution in [-0.4, -0.2) is 12.6 Å². The van der Waals surface area contributed by atoms with Crippen LogP contribution in [0.5, 0.6) is 0 Å². The van der Waals surface area contributed by atoms with Crippen LogP contribution >= 0.6 is 11.6 Å². The molecule has 2 N–H and O–H groups in total. The maximum atomic E-state index is 6.31. The number of anilines is 2. The molecule has 1 saturated heterocycles. The summed E-state index contributed by atoms with van der Waals surface area (Å²) in [5.74, 6) is 0. The van der Waals surface area contributed by atoms with Crippen molar-refractivity contribution in [1.29, 1.82) is 0 Å². The molecule has 0 unspecified atom stereocenters. The Labute approximate surface area is 102 Å². The van der Waals surface area contributed by atoms with Crippen LogP contribution in [0.1, 0.15) is 31.7 Å². The minimum atomic E-state index is 0.577. The largest absolute Gasteiger partial charge is 0.399 e. The molecule has 1 aliphatic rings. The summed E-state index contributed by atoms with van der Waals surface area (Å²) in [6.45, 7) is 5.45. The molecule has 2 nitrogen and oxygen atoms in total. The highest BCUT2D eigenvalue weighted by molar-refractivity contribution is 6.33. The standard InChI is InChI=1S/C13H19ClN2/c1-9-7-11(15)8-12(14)13(9)16-6-4-3-5-10(16)2/h7-8,10H,3-6,15H2,1-2H3/t10-/m1/s1. The van der Waals surface area contributed by atoms with Crippen molar-refractivity contribution in [3.8, 4) is 0 Å². The molecule has 0 spiro atoms. The van der Waals surface area contributed by atoms with Gasteiger partial charge in [-0.05, 0) is 50.8 Å². The fraction of sp³-hybridized carbons (Fsp3) is 0.538. The Morgan fingerprint density at radius 2 is 2.12 bits per heavy atom. The van der Waals surface area contributed by atoms with Crippen LogP contribution in [0.15, 0.2) is 12.1 Å². The highest BCUT2D eigenvalue weighted by atomic mass is 35.5. The number of hydrogen-bond donors (Lipinski definition) is 1. The molecule has 0 bridgehead atoms. The number of aryl methyl sites for hydroxylation is 1. The number of nitrogen functional groups attached to an aromatic ring is 1. The van der Waals surface area contributed by atoms with Crippen molar-refractivity contribution in [3.63, 3.8) is 0 Å². The topological polar surface area (TPSA) is 29.3 Å². The quantitative estimate of drug-likeness (QED) is 0.758. The van der Waals surface area contributed by atoms with Crippen molar-refractivity contribution in [1.82, 2.24) is 0 Å². The van der Waals surface area contributed by atoms with Gasteiger partial charge in [-0.1, -0.05) is 11.6 Å². The Morgan fingerprint density at radius 1 is 1.38 bits per heavy atom. The van der Waals surface area contributed by atoms with Crippen LogP contribution in [0.25, 0.3) is 0 Å². The Hall–Kier alpha value is -0.890. The maximum absolute atomic E-state index is 6.31. The van der Waals surface area contributed by atoms with Gasteiger partial charge in [0, 0.05) is 18.3 Å². The molecule has 88 valence electrons. The van der Waals surface area contributed by atoms with E-state index in [4.69, 9.17) is 17.3 Å². The molecule has 0 radical (unpaired) electrons. The van der Waals surface area contributed by atoms with Crippen LogP contribution < -0.4 is 10.6 Å². The highest BCUT2D eigenvalue weighted by Gasteiger charge is 2.22. The summed E-state index contributed by atoms with van der Waals surface area (Å²) in [6.07, 6.45) is 3.83. The molecule has 1 atom stereocenters. The molecule has 1 aromatic rings. The van der Waals surface area contributed by atoms with Gasteiger partial charge in [0.1, 0.15) is 0 Å². The number of nitrogens with two attached hydrogens (primary N) is 1. The van der Waals surface area contributed by atoms with E-state index in [0.717, 1.165) is 17.3 Å². The Bertz CT molecular complexity index is 367. The number of benzene rings is 1. The van der Waals surface area contributed by atoms with Gasteiger partial charge < -0.3 is 10.6 Å². The molecule has 0 aromatic heterocycles. The van der Waals surface area contributed by atoms with Crippen LogP contribution in [0, 0.1) is 6.92 Å². The molecule has 0 aliphatic carbocycles. The van der Waals surface area contributed by atoms with Gasteiger partial charge in [0.25, 0.3) is 0 Å². The monoisotopic (exact) mass is 238 g/mol. The second-order valence-corrected chi connectivity index (χ2v) is 5.11. The van der Waals surface area contributed by atoms with Gasteiger partial charge in [0.2, 0.25) is 0 Å². The van der Waals surface area contributed by atoms with E-state index in [1.54, 1.807) is 0 Å². The summed E-state index contributed by atoms with van der Waals surface area (Å²) in [5.41, 5.74) is 8.88. The third-order valence-electron chi connectivity index (χ3n) is 3.37. The molecule has 1 aliphatic heterocycles. The van der Waals surface area contributed by atoms with Crippen molar-refractivity contribution in [2.45, 2.75) is 39.2 Å².